The summed E-state index contributed by atoms with van der Waals surface area (Å²) in [6.45, 7) is 2.15. The molecular weight excluding hydrogens is 352 g/mol. The van der Waals surface area contributed by atoms with Gasteiger partial charge in [-0.1, -0.05) is 23.4 Å². The van der Waals surface area contributed by atoms with Gasteiger partial charge in [-0.15, -0.1) is 0 Å². The highest BCUT2D eigenvalue weighted by atomic mass is 79.9. The highest BCUT2D eigenvalue weighted by Crippen LogP contribution is 2.33. The lowest BCUT2D eigenvalue weighted by molar-refractivity contribution is -0.117. The smallest absolute Gasteiger partial charge is 0.227 e. The van der Waals surface area contributed by atoms with E-state index in [2.05, 4.69) is 20.9 Å². The molecule has 1 aromatic rings. The van der Waals surface area contributed by atoms with Crippen molar-refractivity contribution in [2.75, 3.05) is 17.2 Å². The first-order valence-electron chi connectivity index (χ1n) is 5.72. The molecule has 0 aromatic carbocycles. The summed E-state index contributed by atoms with van der Waals surface area (Å²) in [7, 11) is 0. The van der Waals surface area contributed by atoms with E-state index in [1.54, 1.807) is 24.1 Å². The Labute approximate surface area is 129 Å². The number of carbonyl (C=O) groups excluding carboxylic acids is 2. The molecule has 1 atom stereocenters. The number of carbonyl (C=O) groups is 2. The molecule has 2 rings (SSSR count). The second-order valence-electron chi connectivity index (χ2n) is 4.34. The lowest BCUT2D eigenvalue weighted by atomic mass is 10.1. The molecule has 0 radical (unpaired) electrons. The minimum atomic E-state index is 0.0529. The van der Waals surface area contributed by atoms with Crippen LogP contribution >= 0.6 is 39.3 Å². The number of pyridine rings is 1. The number of amides is 1. The van der Waals surface area contributed by atoms with Crippen molar-refractivity contribution in [3.63, 3.8) is 0 Å². The van der Waals surface area contributed by atoms with Crippen molar-refractivity contribution in [1.29, 1.82) is 0 Å². The molecule has 1 amide bonds. The Morgan fingerprint density at radius 3 is 3.11 bits per heavy atom. The summed E-state index contributed by atoms with van der Waals surface area (Å²) < 4.78 is 0.741. The van der Waals surface area contributed by atoms with Gasteiger partial charge in [0.1, 0.15) is 5.15 Å². The monoisotopic (exact) mass is 362 g/mol. The molecule has 19 heavy (non-hydrogen) atoms. The van der Waals surface area contributed by atoms with Crippen LogP contribution < -0.4 is 4.90 Å². The highest BCUT2D eigenvalue weighted by Gasteiger charge is 2.31. The van der Waals surface area contributed by atoms with Gasteiger partial charge >= 0.3 is 0 Å². The van der Waals surface area contributed by atoms with Crippen LogP contribution in [0.5, 0.6) is 0 Å². The number of hydrogen-bond acceptors (Lipinski definition) is 4. The molecule has 0 spiro atoms. The maximum Gasteiger partial charge on any atom is 0.227 e. The second kappa shape index (κ2) is 6.24. The van der Waals surface area contributed by atoms with E-state index in [-0.39, 0.29) is 16.9 Å². The van der Waals surface area contributed by atoms with Gasteiger partial charge in [-0.05, 0) is 21.8 Å². The molecular formula is C12H12BrClN2O2S. The zero-order valence-corrected chi connectivity index (χ0v) is 13.4. The summed E-state index contributed by atoms with van der Waals surface area (Å²) in [5.41, 5.74) is 0.736. The van der Waals surface area contributed by atoms with Crippen LogP contribution in [0.3, 0.4) is 0 Å². The normalized spacial score (nSPS) is 19.0. The van der Waals surface area contributed by atoms with Crippen molar-refractivity contribution in [3.05, 3.63) is 21.9 Å². The molecule has 102 valence electrons. The fourth-order valence-corrected chi connectivity index (χ4v) is 3.25. The summed E-state index contributed by atoms with van der Waals surface area (Å²) >= 11 is 10.5. The Hall–Kier alpha value is -0.590. The largest absolute Gasteiger partial charge is 0.311 e. The average molecular weight is 364 g/mol. The van der Waals surface area contributed by atoms with Gasteiger partial charge in [0, 0.05) is 37.9 Å². The van der Waals surface area contributed by atoms with Crippen molar-refractivity contribution in [3.8, 4) is 0 Å². The van der Waals surface area contributed by atoms with Crippen LogP contribution in [0, 0.1) is 5.92 Å². The van der Waals surface area contributed by atoms with Gasteiger partial charge < -0.3 is 4.90 Å². The van der Waals surface area contributed by atoms with Gasteiger partial charge in [-0.3, -0.25) is 9.59 Å². The standard InChI is InChI=1S/C12H12BrClN2O2S/c1-7(17)19-6-8-2-12(18)16(5-8)10-3-11(14)15-4-9(10)13/h3-4,8H,2,5-6H2,1H3. The summed E-state index contributed by atoms with van der Waals surface area (Å²) in [4.78, 5) is 28.6. The summed E-state index contributed by atoms with van der Waals surface area (Å²) in [5, 5.41) is 0.437. The van der Waals surface area contributed by atoms with Crippen LogP contribution in [0.1, 0.15) is 13.3 Å². The SMILES string of the molecule is CC(=O)SCC1CC(=O)N(c2cc(Cl)ncc2Br)C1. The van der Waals surface area contributed by atoms with E-state index in [9.17, 15) is 9.59 Å². The highest BCUT2D eigenvalue weighted by molar-refractivity contribution is 9.10. The average Bonchev–Trinajstić information content (AvgIpc) is 2.71. The van der Waals surface area contributed by atoms with E-state index in [1.807, 2.05) is 0 Å². The van der Waals surface area contributed by atoms with E-state index in [1.165, 1.54) is 11.8 Å². The molecule has 0 N–H and O–H groups in total. The number of rotatable bonds is 3. The third-order valence-electron chi connectivity index (χ3n) is 2.82. The number of hydrogen-bond donors (Lipinski definition) is 0. The summed E-state index contributed by atoms with van der Waals surface area (Å²) in [6.07, 6.45) is 2.05. The molecule has 1 aliphatic heterocycles. The first-order chi connectivity index (χ1) is 8.97. The third-order valence-corrected chi connectivity index (χ3v) is 4.68. The zero-order chi connectivity index (χ0) is 14.0. The molecule has 1 aromatic heterocycles. The van der Waals surface area contributed by atoms with Gasteiger partial charge in [0.15, 0.2) is 5.12 Å². The van der Waals surface area contributed by atoms with Crippen molar-refractivity contribution in [2.24, 2.45) is 5.92 Å². The maximum atomic E-state index is 12.0. The number of aromatic nitrogens is 1. The summed E-state index contributed by atoms with van der Waals surface area (Å²) in [5.74, 6) is 0.922. The Morgan fingerprint density at radius 2 is 2.42 bits per heavy atom. The topological polar surface area (TPSA) is 50.3 Å². The Bertz CT molecular complexity index is 526. The van der Waals surface area contributed by atoms with Gasteiger partial charge in [0.25, 0.3) is 0 Å². The quantitative estimate of drug-likeness (QED) is 0.774. The van der Waals surface area contributed by atoms with E-state index in [0.717, 1.165) is 10.2 Å². The maximum absolute atomic E-state index is 12.0. The van der Waals surface area contributed by atoms with E-state index in [0.29, 0.717) is 23.9 Å². The number of nitrogens with zero attached hydrogens (tertiary/aromatic N) is 2. The molecule has 7 heteroatoms. The van der Waals surface area contributed by atoms with Crippen LogP contribution in [0.4, 0.5) is 5.69 Å². The molecule has 0 bridgehead atoms. The number of halogens is 2. The van der Waals surface area contributed by atoms with E-state index >= 15 is 0 Å². The zero-order valence-electron chi connectivity index (χ0n) is 10.2. The van der Waals surface area contributed by atoms with Crippen LogP contribution in [0.25, 0.3) is 0 Å². The minimum absolute atomic E-state index is 0.0529. The van der Waals surface area contributed by atoms with E-state index in [4.69, 9.17) is 11.6 Å². The number of anilines is 1. The Kier molecular flexibility index (Phi) is 4.86. The molecule has 1 saturated heterocycles. The first kappa shape index (κ1) is 14.8. The van der Waals surface area contributed by atoms with Crippen LogP contribution in [-0.4, -0.2) is 28.3 Å². The molecule has 1 aliphatic rings. The predicted octanol–water partition coefficient (Wildman–Crippen LogP) is 3.13. The van der Waals surface area contributed by atoms with Crippen LogP contribution in [0.2, 0.25) is 5.15 Å². The second-order valence-corrected chi connectivity index (χ2v) is 6.77. The molecule has 0 aliphatic carbocycles. The van der Waals surface area contributed by atoms with Crippen LogP contribution in [-0.2, 0) is 9.59 Å². The third kappa shape index (κ3) is 3.70. The van der Waals surface area contributed by atoms with E-state index < -0.39 is 0 Å². The fraction of sp³-hybridized carbons (Fsp3) is 0.417. The minimum Gasteiger partial charge on any atom is -0.311 e. The fourth-order valence-electron chi connectivity index (χ4n) is 1.97. The van der Waals surface area contributed by atoms with Crippen LogP contribution in [0.15, 0.2) is 16.7 Å². The lowest BCUT2D eigenvalue weighted by Gasteiger charge is -2.18. The van der Waals surface area contributed by atoms with Crippen molar-refractivity contribution in [1.82, 2.24) is 4.98 Å². The van der Waals surface area contributed by atoms with Gasteiger partial charge in [-0.25, -0.2) is 4.98 Å². The summed E-state index contributed by atoms with van der Waals surface area (Å²) in [6, 6.07) is 1.67. The molecule has 0 saturated carbocycles. The van der Waals surface area contributed by atoms with Crippen molar-refractivity contribution < 1.29 is 9.59 Å². The number of thioether (sulfide) groups is 1. The molecule has 4 nitrogen and oxygen atoms in total. The van der Waals surface area contributed by atoms with Crippen molar-refractivity contribution in [2.45, 2.75) is 13.3 Å². The molecule has 1 fully saturated rings. The Morgan fingerprint density at radius 1 is 1.68 bits per heavy atom. The first-order valence-corrected chi connectivity index (χ1v) is 7.88. The van der Waals surface area contributed by atoms with Crippen molar-refractivity contribution >= 4 is 56.0 Å². The predicted molar refractivity (Wildman–Crippen MR) is 80.5 cm³/mol. The Balaban J connectivity index is 2.11. The lowest BCUT2D eigenvalue weighted by Crippen LogP contribution is -2.25. The van der Waals surface area contributed by atoms with Gasteiger partial charge in [0.05, 0.1) is 10.2 Å². The van der Waals surface area contributed by atoms with Gasteiger partial charge in [0.2, 0.25) is 5.91 Å². The molecule has 1 unspecified atom stereocenters. The van der Waals surface area contributed by atoms with Gasteiger partial charge in [-0.2, -0.15) is 0 Å². The molecule has 2 heterocycles.